The van der Waals surface area contributed by atoms with Gasteiger partial charge in [0.15, 0.2) is 5.58 Å². The Bertz CT molecular complexity index is 1340. The lowest BCUT2D eigenvalue weighted by atomic mass is 9.98. The van der Waals surface area contributed by atoms with Crippen LogP contribution < -0.4 is 10.2 Å². The van der Waals surface area contributed by atoms with E-state index >= 15 is 0 Å². The van der Waals surface area contributed by atoms with Crippen LogP contribution in [0.2, 0.25) is 0 Å². The standard InChI is InChI=1S/C27H26N4O4/c1-18-12-14-30(15-13-18)23-11-10-21(16-24(23)31(33)34)26(32)28-17-19-6-8-20(9-7-19)27-29-22-4-2-3-5-25(22)35-27/h2-11,16,18H,12-15,17H2,1H3,(H,28,32). The van der Waals surface area contributed by atoms with E-state index in [0.29, 0.717) is 24.0 Å². The lowest BCUT2D eigenvalue weighted by Gasteiger charge is -2.31. The van der Waals surface area contributed by atoms with E-state index in [4.69, 9.17) is 4.42 Å². The van der Waals surface area contributed by atoms with Gasteiger partial charge in [0.25, 0.3) is 11.6 Å². The summed E-state index contributed by atoms with van der Waals surface area (Å²) in [5.74, 6) is 0.812. The van der Waals surface area contributed by atoms with Crippen LogP contribution in [0.1, 0.15) is 35.7 Å². The van der Waals surface area contributed by atoms with E-state index in [0.717, 1.165) is 48.2 Å². The maximum atomic E-state index is 12.7. The Balaban J connectivity index is 1.25. The van der Waals surface area contributed by atoms with Crippen LogP contribution in [0.25, 0.3) is 22.6 Å². The van der Waals surface area contributed by atoms with Gasteiger partial charge in [-0.05, 0) is 60.7 Å². The molecule has 0 unspecified atom stereocenters. The van der Waals surface area contributed by atoms with Crippen LogP contribution in [-0.2, 0) is 6.54 Å². The fourth-order valence-electron chi connectivity index (χ4n) is 4.37. The molecule has 0 atom stereocenters. The number of aromatic nitrogens is 1. The van der Waals surface area contributed by atoms with Gasteiger partial charge in [-0.3, -0.25) is 14.9 Å². The number of fused-ring (bicyclic) bond motifs is 1. The Labute approximate surface area is 202 Å². The molecule has 4 aromatic rings. The molecule has 0 spiro atoms. The molecule has 2 heterocycles. The zero-order valence-electron chi connectivity index (χ0n) is 19.4. The second kappa shape index (κ2) is 9.58. The van der Waals surface area contributed by atoms with Gasteiger partial charge in [-0.15, -0.1) is 0 Å². The minimum absolute atomic E-state index is 0.0325. The molecule has 35 heavy (non-hydrogen) atoms. The SMILES string of the molecule is CC1CCN(c2ccc(C(=O)NCc3ccc(-c4nc5ccccc5o4)cc3)cc2[N+](=O)[O-])CC1. The first-order valence-electron chi connectivity index (χ1n) is 11.7. The number of anilines is 1. The van der Waals surface area contributed by atoms with Crippen molar-refractivity contribution in [2.45, 2.75) is 26.3 Å². The monoisotopic (exact) mass is 470 g/mol. The molecule has 8 heteroatoms. The van der Waals surface area contributed by atoms with Crippen molar-refractivity contribution in [1.29, 1.82) is 0 Å². The van der Waals surface area contributed by atoms with Crippen molar-refractivity contribution < 1.29 is 14.1 Å². The predicted molar refractivity (Wildman–Crippen MR) is 134 cm³/mol. The van der Waals surface area contributed by atoms with E-state index in [1.807, 2.05) is 53.4 Å². The summed E-state index contributed by atoms with van der Waals surface area (Å²) in [6, 6.07) is 19.9. The van der Waals surface area contributed by atoms with Crippen molar-refractivity contribution in [1.82, 2.24) is 10.3 Å². The summed E-state index contributed by atoms with van der Waals surface area (Å²) in [5, 5.41) is 14.6. The highest BCUT2D eigenvalue weighted by Crippen LogP contribution is 2.32. The minimum Gasteiger partial charge on any atom is -0.436 e. The summed E-state index contributed by atoms with van der Waals surface area (Å²) in [7, 11) is 0. The number of carbonyl (C=O) groups is 1. The van der Waals surface area contributed by atoms with Gasteiger partial charge in [0.05, 0.1) is 4.92 Å². The Hall–Kier alpha value is -4.20. The van der Waals surface area contributed by atoms with Gasteiger partial charge < -0.3 is 14.6 Å². The summed E-state index contributed by atoms with van der Waals surface area (Å²) in [4.78, 5) is 30.6. The second-order valence-electron chi connectivity index (χ2n) is 9.00. The normalized spacial score (nSPS) is 14.3. The molecule has 1 aliphatic heterocycles. The van der Waals surface area contributed by atoms with Gasteiger partial charge in [-0.1, -0.05) is 31.2 Å². The Morgan fingerprint density at radius 3 is 2.57 bits per heavy atom. The molecule has 1 N–H and O–H groups in total. The molecule has 8 nitrogen and oxygen atoms in total. The molecular weight excluding hydrogens is 444 g/mol. The molecule has 1 fully saturated rings. The van der Waals surface area contributed by atoms with Crippen molar-refractivity contribution in [3.8, 4) is 11.5 Å². The van der Waals surface area contributed by atoms with Crippen molar-refractivity contribution in [3.63, 3.8) is 0 Å². The third-order valence-corrected chi connectivity index (χ3v) is 6.51. The number of rotatable bonds is 6. The first-order valence-corrected chi connectivity index (χ1v) is 11.7. The zero-order valence-corrected chi connectivity index (χ0v) is 19.4. The van der Waals surface area contributed by atoms with E-state index in [-0.39, 0.29) is 17.2 Å². The molecule has 0 saturated carbocycles. The number of benzene rings is 3. The zero-order chi connectivity index (χ0) is 24.4. The molecule has 5 rings (SSSR count). The molecular formula is C27H26N4O4. The fourth-order valence-corrected chi connectivity index (χ4v) is 4.37. The number of nitrogens with one attached hydrogen (secondary N) is 1. The van der Waals surface area contributed by atoms with E-state index in [1.165, 1.54) is 6.07 Å². The highest BCUT2D eigenvalue weighted by Gasteiger charge is 2.24. The Morgan fingerprint density at radius 1 is 1.11 bits per heavy atom. The number of para-hydroxylation sites is 2. The molecule has 1 saturated heterocycles. The van der Waals surface area contributed by atoms with Crippen molar-refractivity contribution >= 4 is 28.4 Å². The Kier molecular flexibility index (Phi) is 6.18. The fraction of sp³-hybridized carbons (Fsp3) is 0.259. The van der Waals surface area contributed by atoms with Crippen LogP contribution in [0, 0.1) is 16.0 Å². The quantitative estimate of drug-likeness (QED) is 0.292. The van der Waals surface area contributed by atoms with Gasteiger partial charge in [0.2, 0.25) is 5.89 Å². The number of hydrogen-bond acceptors (Lipinski definition) is 6. The van der Waals surface area contributed by atoms with Crippen molar-refractivity contribution in [3.05, 3.63) is 88.0 Å². The van der Waals surface area contributed by atoms with E-state index < -0.39 is 4.92 Å². The van der Waals surface area contributed by atoms with Gasteiger partial charge in [0, 0.05) is 36.8 Å². The third-order valence-electron chi connectivity index (χ3n) is 6.51. The van der Waals surface area contributed by atoms with Crippen LogP contribution >= 0.6 is 0 Å². The van der Waals surface area contributed by atoms with Crippen LogP contribution in [0.5, 0.6) is 0 Å². The predicted octanol–water partition coefficient (Wildman–Crippen LogP) is 5.57. The highest BCUT2D eigenvalue weighted by molar-refractivity contribution is 5.95. The lowest BCUT2D eigenvalue weighted by Crippen LogP contribution is -2.33. The van der Waals surface area contributed by atoms with Crippen LogP contribution in [0.15, 0.2) is 71.1 Å². The number of oxazole rings is 1. The summed E-state index contributed by atoms with van der Waals surface area (Å²) in [6.45, 7) is 4.06. The highest BCUT2D eigenvalue weighted by atomic mass is 16.6. The summed E-state index contributed by atoms with van der Waals surface area (Å²) in [5.41, 5.74) is 4.08. The van der Waals surface area contributed by atoms with Gasteiger partial charge in [0.1, 0.15) is 11.2 Å². The Morgan fingerprint density at radius 2 is 1.86 bits per heavy atom. The third kappa shape index (κ3) is 4.87. The van der Waals surface area contributed by atoms with Crippen LogP contribution in [-0.4, -0.2) is 28.9 Å². The van der Waals surface area contributed by atoms with Gasteiger partial charge in [-0.25, -0.2) is 4.98 Å². The smallest absolute Gasteiger partial charge is 0.293 e. The number of hydrogen-bond donors (Lipinski definition) is 1. The molecule has 1 amide bonds. The number of nitrogens with zero attached hydrogens (tertiary/aromatic N) is 3. The summed E-state index contributed by atoms with van der Waals surface area (Å²) >= 11 is 0. The molecule has 1 aromatic heterocycles. The molecule has 1 aliphatic rings. The van der Waals surface area contributed by atoms with E-state index in [9.17, 15) is 14.9 Å². The van der Waals surface area contributed by atoms with Crippen LogP contribution in [0.3, 0.4) is 0 Å². The second-order valence-corrected chi connectivity index (χ2v) is 9.00. The summed E-state index contributed by atoms with van der Waals surface area (Å²) in [6.07, 6.45) is 2.01. The minimum atomic E-state index is -0.408. The maximum absolute atomic E-state index is 12.7. The van der Waals surface area contributed by atoms with Crippen molar-refractivity contribution in [2.75, 3.05) is 18.0 Å². The average Bonchev–Trinajstić information content (AvgIpc) is 3.32. The molecule has 178 valence electrons. The molecule has 0 bridgehead atoms. The first-order chi connectivity index (χ1) is 17.0. The van der Waals surface area contributed by atoms with Gasteiger partial charge in [-0.2, -0.15) is 0 Å². The topological polar surface area (TPSA) is 102 Å². The largest absolute Gasteiger partial charge is 0.436 e. The number of nitro benzene ring substituents is 1. The number of piperidine rings is 1. The number of nitro groups is 1. The lowest BCUT2D eigenvalue weighted by molar-refractivity contribution is -0.384. The maximum Gasteiger partial charge on any atom is 0.293 e. The number of amides is 1. The first kappa shape index (κ1) is 22.6. The molecule has 0 radical (unpaired) electrons. The van der Waals surface area contributed by atoms with Crippen LogP contribution in [0.4, 0.5) is 11.4 Å². The average molecular weight is 471 g/mol. The van der Waals surface area contributed by atoms with Crippen molar-refractivity contribution in [2.24, 2.45) is 5.92 Å². The number of carbonyl (C=O) groups excluding carboxylic acids is 1. The van der Waals surface area contributed by atoms with E-state index in [1.54, 1.807) is 12.1 Å². The van der Waals surface area contributed by atoms with E-state index in [2.05, 4.69) is 17.2 Å². The van der Waals surface area contributed by atoms with Gasteiger partial charge >= 0.3 is 0 Å². The molecule has 0 aliphatic carbocycles. The molecule has 3 aromatic carbocycles. The summed E-state index contributed by atoms with van der Waals surface area (Å²) < 4.78 is 5.80.